The Hall–Kier alpha value is -1.41. The van der Waals surface area contributed by atoms with Crippen LogP contribution in [-0.4, -0.2) is 46.4 Å². The van der Waals surface area contributed by atoms with Gasteiger partial charge in [0.25, 0.3) is 4.38 Å². The van der Waals surface area contributed by atoms with Gasteiger partial charge in [0, 0.05) is 29.1 Å². The van der Waals surface area contributed by atoms with Gasteiger partial charge in [-0.25, -0.2) is 4.79 Å². The number of anilines is 1. The quantitative estimate of drug-likeness (QED) is 0.626. The maximum Gasteiger partial charge on any atom is 0.430 e. The van der Waals surface area contributed by atoms with Crippen molar-refractivity contribution in [2.24, 2.45) is 0 Å². The minimum Gasteiger partial charge on any atom is -0.390 e. The second-order valence-corrected chi connectivity index (χ2v) is 8.76. The predicted octanol–water partition coefficient (Wildman–Crippen LogP) is 3.55. The standard InChI is InChI=1S/C18H17N2O2S3/c1-19-14-12-6-4-3-5-11(12)7-8-13(14)24-17(19)15-16(22)20(9-10-21)18(23-2)25-15/h3-8,21H,9-10H2,1-2H3/q+1/b17-15+. The number of nitrogens with zero attached hydrogens (tertiary/aromatic N) is 2. The van der Waals surface area contributed by atoms with Crippen LogP contribution in [0, 0.1) is 0 Å². The van der Waals surface area contributed by atoms with E-state index in [1.54, 1.807) is 28.1 Å². The third kappa shape index (κ3) is 2.70. The average molecular weight is 390 g/mol. The van der Waals surface area contributed by atoms with Crippen LogP contribution in [0.4, 0.5) is 5.69 Å². The summed E-state index contributed by atoms with van der Waals surface area (Å²) in [5.74, 6) is -0.0186. The lowest BCUT2D eigenvalue weighted by molar-refractivity contribution is -0.440. The van der Waals surface area contributed by atoms with Crippen molar-refractivity contribution >= 4 is 62.0 Å². The Bertz CT molecular complexity index is 952. The zero-order valence-corrected chi connectivity index (χ0v) is 16.3. The molecular formula is C18H17N2O2S3+. The van der Waals surface area contributed by atoms with Crippen molar-refractivity contribution in [3.63, 3.8) is 0 Å². The number of carbonyl (C=O) groups excluding carboxylic acids is 1. The molecule has 0 unspecified atom stereocenters. The fourth-order valence-electron chi connectivity index (χ4n) is 3.11. The van der Waals surface area contributed by atoms with Gasteiger partial charge in [-0.05, 0) is 17.7 Å². The molecule has 4 nitrogen and oxygen atoms in total. The molecule has 2 heterocycles. The van der Waals surface area contributed by atoms with E-state index in [-0.39, 0.29) is 12.5 Å². The molecule has 2 aliphatic heterocycles. The lowest BCUT2D eigenvalue weighted by Crippen LogP contribution is -2.24. The monoisotopic (exact) mass is 389 g/mol. The van der Waals surface area contributed by atoms with E-state index in [1.165, 1.54) is 27.4 Å². The van der Waals surface area contributed by atoms with E-state index in [0.29, 0.717) is 6.54 Å². The minimum atomic E-state index is -0.0349. The number of β-amino-alcohol motifs (C(OH)–C–C–N with tert-alkyl or cyclic N) is 1. The number of hydrogen-bond acceptors (Lipinski definition) is 6. The van der Waals surface area contributed by atoms with Gasteiger partial charge in [-0.1, -0.05) is 53.9 Å². The van der Waals surface area contributed by atoms with Gasteiger partial charge in [-0.2, -0.15) is 0 Å². The zero-order valence-electron chi connectivity index (χ0n) is 13.9. The van der Waals surface area contributed by atoms with Gasteiger partial charge in [0.05, 0.1) is 5.69 Å². The molecule has 128 valence electrons. The van der Waals surface area contributed by atoms with Crippen molar-refractivity contribution in [1.29, 1.82) is 0 Å². The first kappa shape index (κ1) is 17.0. The summed E-state index contributed by atoms with van der Waals surface area (Å²) < 4.78 is 2.60. The molecule has 0 aliphatic carbocycles. The predicted molar refractivity (Wildman–Crippen MR) is 109 cm³/mol. The number of amides is 1. The molecule has 2 aliphatic rings. The van der Waals surface area contributed by atoms with Crippen molar-refractivity contribution in [3.05, 3.63) is 46.3 Å². The smallest absolute Gasteiger partial charge is 0.390 e. The van der Waals surface area contributed by atoms with E-state index in [4.69, 9.17) is 0 Å². The highest BCUT2D eigenvalue weighted by Gasteiger charge is 2.42. The Kier molecular flexibility index (Phi) is 4.58. The summed E-state index contributed by atoms with van der Waals surface area (Å²) >= 11 is 4.70. The normalized spacial score (nSPS) is 20.1. The molecule has 0 aromatic heterocycles. The zero-order chi connectivity index (χ0) is 17.6. The highest BCUT2D eigenvalue weighted by Crippen LogP contribution is 2.52. The Morgan fingerprint density at radius 3 is 2.76 bits per heavy atom. The molecule has 7 heteroatoms. The number of hydrogen-bond donors (Lipinski definition) is 1. The van der Waals surface area contributed by atoms with Crippen LogP contribution in [0.25, 0.3) is 10.8 Å². The van der Waals surface area contributed by atoms with Gasteiger partial charge in [-0.15, -0.1) is 4.58 Å². The molecule has 4 rings (SSSR count). The molecular weight excluding hydrogens is 372 g/mol. The number of rotatable bonds is 2. The van der Waals surface area contributed by atoms with E-state index in [1.807, 2.05) is 25.4 Å². The van der Waals surface area contributed by atoms with Crippen LogP contribution in [0.3, 0.4) is 0 Å². The number of thioether (sulfide) groups is 3. The second-order valence-electron chi connectivity index (χ2n) is 5.68. The lowest BCUT2D eigenvalue weighted by atomic mass is 10.1. The molecule has 2 aromatic carbocycles. The summed E-state index contributed by atoms with van der Waals surface area (Å²) in [4.78, 5) is 16.9. The molecule has 0 saturated carbocycles. The number of carbonyl (C=O) groups is 1. The first-order valence-corrected chi connectivity index (χ1v) is 10.7. The van der Waals surface area contributed by atoms with Gasteiger partial charge in [0.15, 0.2) is 11.4 Å². The number of aliphatic hydroxyl groups is 1. The molecule has 2 aromatic rings. The van der Waals surface area contributed by atoms with Crippen LogP contribution in [0.5, 0.6) is 0 Å². The molecule has 0 radical (unpaired) electrons. The van der Waals surface area contributed by atoms with E-state index in [9.17, 15) is 9.90 Å². The Morgan fingerprint density at radius 2 is 2.00 bits per heavy atom. The molecule has 1 N–H and O–H groups in total. The summed E-state index contributed by atoms with van der Waals surface area (Å²) in [5.41, 5.74) is 1.16. The topological polar surface area (TPSA) is 43.6 Å². The van der Waals surface area contributed by atoms with Crippen LogP contribution in [0.15, 0.2) is 51.2 Å². The number of aliphatic hydroxyl groups excluding tert-OH is 1. The lowest BCUT2D eigenvalue weighted by Gasteiger charge is -2.16. The fourth-order valence-corrected chi connectivity index (χ4v) is 6.31. The van der Waals surface area contributed by atoms with Crippen LogP contribution in [-0.2, 0) is 4.79 Å². The Balaban J connectivity index is 1.80. The Morgan fingerprint density at radius 1 is 1.20 bits per heavy atom. The van der Waals surface area contributed by atoms with Gasteiger partial charge in [0.1, 0.15) is 11.6 Å². The molecule has 0 bridgehead atoms. The van der Waals surface area contributed by atoms with Crippen LogP contribution in [0.2, 0.25) is 0 Å². The van der Waals surface area contributed by atoms with E-state index in [2.05, 4.69) is 29.2 Å². The highest BCUT2D eigenvalue weighted by molar-refractivity contribution is 8.40. The van der Waals surface area contributed by atoms with Crippen LogP contribution >= 0.6 is 35.3 Å². The van der Waals surface area contributed by atoms with Crippen molar-refractivity contribution in [3.8, 4) is 0 Å². The average Bonchev–Trinajstić information content (AvgIpc) is 3.13. The molecule has 0 saturated heterocycles. The third-order valence-corrected chi connectivity index (χ3v) is 7.89. The molecule has 25 heavy (non-hydrogen) atoms. The van der Waals surface area contributed by atoms with E-state index in [0.717, 1.165) is 20.0 Å². The maximum absolute atomic E-state index is 12.9. The largest absolute Gasteiger partial charge is 0.430 e. The molecule has 0 fully saturated rings. The van der Waals surface area contributed by atoms with Crippen LogP contribution < -0.4 is 4.90 Å². The number of benzene rings is 2. The first-order chi connectivity index (χ1) is 12.2. The minimum absolute atomic E-state index is 0.0186. The van der Waals surface area contributed by atoms with Crippen molar-refractivity contribution in [2.75, 3.05) is 31.4 Å². The SMILES string of the molecule is CSC1=[N+](CCO)C(=O)/C(=C2\Sc3ccc4ccccc4c3N2C)S1. The van der Waals surface area contributed by atoms with Crippen LogP contribution in [0.1, 0.15) is 0 Å². The van der Waals surface area contributed by atoms with Gasteiger partial charge >= 0.3 is 5.91 Å². The Labute approximate surface area is 159 Å². The fraction of sp³-hybridized carbons (Fsp3) is 0.222. The summed E-state index contributed by atoms with van der Waals surface area (Å²) in [5, 5.41) is 12.6. The second kappa shape index (κ2) is 6.72. The molecule has 0 spiro atoms. The first-order valence-electron chi connectivity index (χ1n) is 7.85. The van der Waals surface area contributed by atoms with Gasteiger partial charge in [-0.3, -0.25) is 0 Å². The highest BCUT2D eigenvalue weighted by atomic mass is 32.2. The van der Waals surface area contributed by atoms with E-state index >= 15 is 0 Å². The van der Waals surface area contributed by atoms with Gasteiger partial charge < -0.3 is 10.0 Å². The summed E-state index contributed by atoms with van der Waals surface area (Å²) in [6.45, 7) is 0.301. The van der Waals surface area contributed by atoms with Crippen molar-refractivity contribution < 1.29 is 14.5 Å². The maximum atomic E-state index is 12.9. The van der Waals surface area contributed by atoms with E-state index < -0.39 is 0 Å². The van der Waals surface area contributed by atoms with Crippen molar-refractivity contribution in [2.45, 2.75) is 4.90 Å². The summed E-state index contributed by atoms with van der Waals surface area (Å²) in [6, 6.07) is 12.6. The van der Waals surface area contributed by atoms with Crippen molar-refractivity contribution in [1.82, 2.24) is 0 Å². The summed E-state index contributed by atoms with van der Waals surface area (Å²) in [6.07, 6.45) is 1.96. The molecule has 0 atom stereocenters. The third-order valence-electron chi connectivity index (χ3n) is 4.25. The molecule has 1 amide bonds. The number of fused-ring (bicyclic) bond motifs is 3. The summed E-state index contributed by atoms with van der Waals surface area (Å²) in [7, 11) is 2.02. The van der Waals surface area contributed by atoms with Gasteiger partial charge in [0.2, 0.25) is 0 Å².